The lowest BCUT2D eigenvalue weighted by Crippen LogP contribution is -2.35. The zero-order chi connectivity index (χ0) is 19.0. The average molecular weight is 370 g/mol. The normalized spacial score (nSPS) is 26.9. The first kappa shape index (κ1) is 18.3. The Labute approximate surface area is 159 Å². The second-order valence-corrected chi connectivity index (χ2v) is 8.05. The van der Waals surface area contributed by atoms with Gasteiger partial charge in [-0.3, -0.25) is 0 Å². The van der Waals surface area contributed by atoms with Gasteiger partial charge in [0.05, 0.1) is 0 Å². The maximum Gasteiger partial charge on any atom is 0.129 e. The molecule has 27 heavy (non-hydrogen) atoms. The fourth-order valence-corrected chi connectivity index (χ4v) is 5.54. The Morgan fingerprint density at radius 1 is 0.963 bits per heavy atom. The summed E-state index contributed by atoms with van der Waals surface area (Å²) in [5.74, 6) is 0.182. The van der Waals surface area contributed by atoms with Crippen molar-refractivity contribution < 1.29 is 13.2 Å². The number of allylic oxidation sites excluding steroid dienone is 1. The van der Waals surface area contributed by atoms with Crippen LogP contribution >= 0.6 is 0 Å². The molecular weight excluding hydrogens is 345 g/mol. The SMILES string of the molecule is C=CCCC1CCC2c3cc(F)cc(F)c3CCC2C1c1ccc(F)cc1. The van der Waals surface area contributed by atoms with Gasteiger partial charge in [0.2, 0.25) is 0 Å². The smallest absolute Gasteiger partial charge is 0.129 e. The second kappa shape index (κ2) is 7.53. The highest BCUT2D eigenvalue weighted by Gasteiger charge is 2.43. The molecular formula is C24H25F3. The molecule has 1 saturated carbocycles. The molecule has 0 spiro atoms. The Morgan fingerprint density at radius 2 is 1.74 bits per heavy atom. The minimum absolute atomic E-state index is 0.175. The Bertz CT molecular complexity index is 824. The van der Waals surface area contributed by atoms with Crippen LogP contribution < -0.4 is 0 Å². The zero-order valence-corrected chi connectivity index (χ0v) is 15.4. The zero-order valence-electron chi connectivity index (χ0n) is 15.4. The molecule has 2 aromatic rings. The van der Waals surface area contributed by atoms with Crippen LogP contribution in [0.1, 0.15) is 60.6 Å². The van der Waals surface area contributed by atoms with Gasteiger partial charge in [0.1, 0.15) is 17.5 Å². The van der Waals surface area contributed by atoms with E-state index in [0.717, 1.165) is 49.3 Å². The van der Waals surface area contributed by atoms with Crippen molar-refractivity contribution in [1.82, 2.24) is 0 Å². The van der Waals surface area contributed by atoms with Crippen LogP contribution in [0.15, 0.2) is 49.1 Å². The monoisotopic (exact) mass is 370 g/mol. The summed E-state index contributed by atoms with van der Waals surface area (Å²) in [6, 6.07) is 9.39. The molecule has 0 N–H and O–H groups in total. The first-order valence-electron chi connectivity index (χ1n) is 9.92. The van der Waals surface area contributed by atoms with Crippen LogP contribution in [0, 0.1) is 29.3 Å². The van der Waals surface area contributed by atoms with Gasteiger partial charge in [-0.25, -0.2) is 13.2 Å². The first-order valence-corrected chi connectivity index (χ1v) is 9.92. The summed E-state index contributed by atoms with van der Waals surface area (Å²) in [6.07, 6.45) is 7.49. The number of hydrogen-bond donors (Lipinski definition) is 0. The van der Waals surface area contributed by atoms with Crippen LogP contribution in [0.25, 0.3) is 0 Å². The summed E-state index contributed by atoms with van der Waals surface area (Å²) in [6.45, 7) is 3.85. The van der Waals surface area contributed by atoms with Gasteiger partial charge in [0.15, 0.2) is 0 Å². The number of hydrogen-bond acceptors (Lipinski definition) is 0. The van der Waals surface area contributed by atoms with Crippen LogP contribution in [-0.4, -0.2) is 0 Å². The molecule has 2 aromatic carbocycles. The van der Waals surface area contributed by atoms with Gasteiger partial charge in [-0.05, 0) is 97.1 Å². The number of fused-ring (bicyclic) bond motifs is 3. The number of rotatable bonds is 4. The fourth-order valence-electron chi connectivity index (χ4n) is 5.54. The van der Waals surface area contributed by atoms with Crippen molar-refractivity contribution in [3.8, 4) is 0 Å². The van der Waals surface area contributed by atoms with Crippen molar-refractivity contribution in [2.24, 2.45) is 11.8 Å². The van der Waals surface area contributed by atoms with Crippen LogP contribution in [0.4, 0.5) is 13.2 Å². The lowest BCUT2D eigenvalue weighted by atomic mass is 9.57. The van der Waals surface area contributed by atoms with E-state index in [2.05, 4.69) is 6.58 Å². The molecule has 0 bridgehead atoms. The van der Waals surface area contributed by atoms with Crippen LogP contribution in [0.2, 0.25) is 0 Å². The molecule has 2 aliphatic rings. The van der Waals surface area contributed by atoms with E-state index in [0.29, 0.717) is 29.7 Å². The van der Waals surface area contributed by atoms with E-state index in [-0.39, 0.29) is 11.7 Å². The summed E-state index contributed by atoms with van der Waals surface area (Å²) in [4.78, 5) is 0. The molecule has 0 nitrogen and oxygen atoms in total. The molecule has 0 aliphatic heterocycles. The molecule has 4 atom stereocenters. The lowest BCUT2D eigenvalue weighted by molar-refractivity contribution is 0.161. The molecule has 3 heteroatoms. The third-order valence-electron chi connectivity index (χ3n) is 6.65. The largest absolute Gasteiger partial charge is 0.207 e. The van der Waals surface area contributed by atoms with E-state index >= 15 is 0 Å². The fraction of sp³-hybridized carbons (Fsp3) is 0.417. The van der Waals surface area contributed by atoms with Crippen LogP contribution in [0.3, 0.4) is 0 Å². The van der Waals surface area contributed by atoms with Gasteiger partial charge in [0.25, 0.3) is 0 Å². The topological polar surface area (TPSA) is 0 Å². The second-order valence-electron chi connectivity index (χ2n) is 8.05. The van der Waals surface area contributed by atoms with Crippen molar-refractivity contribution in [2.45, 2.75) is 50.4 Å². The predicted octanol–water partition coefficient (Wildman–Crippen LogP) is 6.91. The summed E-state index contributed by atoms with van der Waals surface area (Å²) < 4.78 is 41.7. The van der Waals surface area contributed by atoms with Crippen LogP contribution in [-0.2, 0) is 6.42 Å². The van der Waals surface area contributed by atoms with Gasteiger partial charge in [-0.15, -0.1) is 6.58 Å². The van der Waals surface area contributed by atoms with E-state index in [9.17, 15) is 13.2 Å². The highest BCUT2D eigenvalue weighted by Crippen LogP contribution is 2.55. The van der Waals surface area contributed by atoms with E-state index in [1.165, 1.54) is 12.1 Å². The van der Waals surface area contributed by atoms with Crippen molar-refractivity contribution in [1.29, 1.82) is 0 Å². The maximum absolute atomic E-state index is 14.3. The highest BCUT2D eigenvalue weighted by atomic mass is 19.1. The van der Waals surface area contributed by atoms with Crippen molar-refractivity contribution in [3.05, 3.63) is 83.2 Å². The average Bonchev–Trinajstić information content (AvgIpc) is 2.66. The molecule has 0 radical (unpaired) electrons. The van der Waals surface area contributed by atoms with Gasteiger partial charge in [0, 0.05) is 6.07 Å². The van der Waals surface area contributed by atoms with Crippen molar-refractivity contribution in [2.75, 3.05) is 0 Å². The Morgan fingerprint density at radius 3 is 2.48 bits per heavy atom. The van der Waals surface area contributed by atoms with Gasteiger partial charge < -0.3 is 0 Å². The van der Waals surface area contributed by atoms with Gasteiger partial charge in [-0.2, -0.15) is 0 Å². The standard InChI is InChI=1S/C24H25F3/c1-2-3-4-15-7-10-19-21(24(15)16-5-8-17(25)9-6-16)12-11-20-22(19)13-18(26)14-23(20)27/h2,5-6,8-9,13-15,19,21,24H,1,3-4,7,10-12H2. The number of benzene rings is 2. The first-order chi connectivity index (χ1) is 13.1. The third-order valence-corrected chi connectivity index (χ3v) is 6.65. The molecule has 0 saturated heterocycles. The van der Waals surface area contributed by atoms with E-state index < -0.39 is 11.6 Å². The molecule has 1 fully saturated rings. The Hall–Kier alpha value is -2.03. The Balaban J connectivity index is 1.73. The lowest BCUT2D eigenvalue weighted by Gasteiger charge is -2.47. The number of halogens is 3. The molecule has 0 aromatic heterocycles. The van der Waals surface area contributed by atoms with Crippen LogP contribution in [0.5, 0.6) is 0 Å². The quantitative estimate of drug-likeness (QED) is 0.513. The molecule has 4 unspecified atom stereocenters. The van der Waals surface area contributed by atoms with Crippen molar-refractivity contribution >= 4 is 0 Å². The molecule has 0 heterocycles. The van der Waals surface area contributed by atoms with E-state index in [1.54, 1.807) is 6.07 Å². The highest BCUT2D eigenvalue weighted by molar-refractivity contribution is 5.38. The van der Waals surface area contributed by atoms with Crippen molar-refractivity contribution in [3.63, 3.8) is 0 Å². The summed E-state index contributed by atoms with van der Waals surface area (Å²) >= 11 is 0. The molecule has 142 valence electrons. The minimum atomic E-state index is -0.487. The molecule has 0 amide bonds. The van der Waals surface area contributed by atoms with E-state index in [4.69, 9.17) is 0 Å². The summed E-state index contributed by atoms with van der Waals surface area (Å²) in [7, 11) is 0. The van der Waals surface area contributed by atoms with Gasteiger partial charge >= 0.3 is 0 Å². The maximum atomic E-state index is 14.3. The molecule has 2 aliphatic carbocycles. The predicted molar refractivity (Wildman–Crippen MR) is 102 cm³/mol. The van der Waals surface area contributed by atoms with Gasteiger partial charge in [-0.1, -0.05) is 18.2 Å². The minimum Gasteiger partial charge on any atom is -0.207 e. The third kappa shape index (κ3) is 3.44. The summed E-state index contributed by atoms with van der Waals surface area (Å²) in [5.41, 5.74) is 2.71. The summed E-state index contributed by atoms with van der Waals surface area (Å²) in [5, 5.41) is 0. The molecule has 4 rings (SSSR count). The van der Waals surface area contributed by atoms with E-state index in [1.807, 2.05) is 18.2 Å². The Kier molecular flexibility index (Phi) is 5.12.